The molecule has 2 aromatic carbocycles. The van der Waals surface area contributed by atoms with Crippen LogP contribution in [0.2, 0.25) is 0 Å². The fourth-order valence-corrected chi connectivity index (χ4v) is 5.58. The smallest absolute Gasteiger partial charge is 0.262 e. The number of aryl methyl sites for hydroxylation is 1. The van der Waals surface area contributed by atoms with E-state index in [1.807, 2.05) is 24.3 Å². The molecule has 168 valence electrons. The van der Waals surface area contributed by atoms with E-state index in [0.717, 1.165) is 36.5 Å². The Hall–Kier alpha value is -3.04. The van der Waals surface area contributed by atoms with Crippen LogP contribution >= 0.6 is 0 Å². The molecule has 0 unspecified atom stereocenters. The van der Waals surface area contributed by atoms with Gasteiger partial charge in [-0.25, -0.2) is 8.42 Å². The molecule has 1 amide bonds. The molecule has 8 nitrogen and oxygen atoms in total. The molecule has 1 N–H and O–H groups in total. The number of nitrogens with zero attached hydrogens (tertiary/aromatic N) is 3. The molecule has 1 saturated heterocycles. The molecule has 9 heteroatoms. The third-order valence-corrected chi connectivity index (χ3v) is 7.57. The average molecular weight is 455 g/mol. The molecule has 1 aromatic heterocycles. The van der Waals surface area contributed by atoms with Crippen molar-refractivity contribution in [3.63, 3.8) is 0 Å². The molecular formula is C23H26N4O4S. The molecule has 0 aliphatic carbocycles. The summed E-state index contributed by atoms with van der Waals surface area (Å²) in [6.45, 7) is 2.54. The Morgan fingerprint density at radius 2 is 1.84 bits per heavy atom. The van der Waals surface area contributed by atoms with Crippen LogP contribution in [0.3, 0.4) is 0 Å². The summed E-state index contributed by atoms with van der Waals surface area (Å²) in [6.07, 6.45) is 5.44. The van der Waals surface area contributed by atoms with Crippen LogP contribution in [0.1, 0.15) is 31.2 Å². The number of rotatable bonds is 6. The fourth-order valence-electron chi connectivity index (χ4n) is 3.82. The van der Waals surface area contributed by atoms with Crippen LogP contribution in [0.15, 0.2) is 53.6 Å². The summed E-state index contributed by atoms with van der Waals surface area (Å²) in [4.78, 5) is 12.7. The van der Waals surface area contributed by atoms with Gasteiger partial charge in [0, 0.05) is 29.5 Å². The Morgan fingerprint density at radius 1 is 1.09 bits per heavy atom. The van der Waals surface area contributed by atoms with Gasteiger partial charge in [0.15, 0.2) is 6.61 Å². The van der Waals surface area contributed by atoms with E-state index >= 15 is 0 Å². The van der Waals surface area contributed by atoms with Gasteiger partial charge in [0.2, 0.25) is 15.9 Å². The summed E-state index contributed by atoms with van der Waals surface area (Å²) in [5.74, 6) is -0.145. The van der Waals surface area contributed by atoms with E-state index in [1.165, 1.54) is 6.07 Å². The Morgan fingerprint density at radius 3 is 2.62 bits per heavy atom. The second-order valence-corrected chi connectivity index (χ2v) is 9.78. The molecule has 4 rings (SSSR count). The first-order chi connectivity index (χ1) is 15.4. The first kappa shape index (κ1) is 22.2. The van der Waals surface area contributed by atoms with Gasteiger partial charge in [0.25, 0.3) is 5.91 Å². The second-order valence-electron chi connectivity index (χ2n) is 7.87. The second kappa shape index (κ2) is 9.62. The highest BCUT2D eigenvalue weighted by Crippen LogP contribution is 2.26. The molecule has 0 spiro atoms. The number of hydrogen-bond donors (Lipinski definition) is 1. The summed E-state index contributed by atoms with van der Waals surface area (Å²) in [5.41, 5.74) is 1.05. The molecule has 3 aromatic rings. The van der Waals surface area contributed by atoms with Gasteiger partial charge in [0.05, 0.1) is 11.1 Å². The number of hydrogen-bond acceptors (Lipinski definition) is 6. The minimum absolute atomic E-state index is 0.220. The summed E-state index contributed by atoms with van der Waals surface area (Å²) in [6, 6.07) is 12.4. The number of nitrogens with one attached hydrogen (secondary N) is 1. The topological polar surface area (TPSA) is 101 Å². The summed E-state index contributed by atoms with van der Waals surface area (Å²) in [7, 11) is -3.62. The summed E-state index contributed by atoms with van der Waals surface area (Å²) < 4.78 is 33.5. The van der Waals surface area contributed by atoms with Crippen molar-refractivity contribution >= 4 is 32.4 Å². The van der Waals surface area contributed by atoms with Gasteiger partial charge in [-0.3, -0.25) is 4.79 Å². The van der Waals surface area contributed by atoms with E-state index in [9.17, 15) is 13.2 Å². The quantitative estimate of drug-likeness (QED) is 0.612. The Labute approximate surface area is 187 Å². The van der Waals surface area contributed by atoms with Crippen molar-refractivity contribution in [2.45, 2.75) is 37.5 Å². The van der Waals surface area contributed by atoms with Gasteiger partial charge in [-0.2, -0.15) is 9.40 Å². The lowest BCUT2D eigenvalue weighted by Gasteiger charge is -2.21. The lowest BCUT2D eigenvalue weighted by atomic mass is 10.2. The van der Waals surface area contributed by atoms with E-state index in [-0.39, 0.29) is 17.4 Å². The molecular weight excluding hydrogens is 428 g/mol. The van der Waals surface area contributed by atoms with Crippen molar-refractivity contribution in [3.8, 4) is 5.88 Å². The molecule has 0 radical (unpaired) electrons. The third kappa shape index (κ3) is 4.89. The highest BCUT2D eigenvalue weighted by atomic mass is 32.2. The number of benzene rings is 2. The number of aromatic nitrogens is 2. The first-order valence-electron chi connectivity index (χ1n) is 10.7. The van der Waals surface area contributed by atoms with Crippen LogP contribution in [0.25, 0.3) is 10.8 Å². The average Bonchev–Trinajstić information content (AvgIpc) is 3.09. The highest BCUT2D eigenvalue weighted by molar-refractivity contribution is 7.89. The minimum atomic E-state index is -3.62. The number of anilines is 1. The van der Waals surface area contributed by atoms with Crippen LogP contribution in [-0.4, -0.2) is 48.5 Å². The molecule has 1 aliphatic heterocycles. The minimum Gasteiger partial charge on any atom is -0.466 e. The van der Waals surface area contributed by atoms with Gasteiger partial charge >= 0.3 is 0 Å². The molecule has 32 heavy (non-hydrogen) atoms. The lowest BCUT2D eigenvalue weighted by molar-refractivity contribution is -0.118. The van der Waals surface area contributed by atoms with Crippen molar-refractivity contribution in [2.24, 2.45) is 0 Å². The molecule has 0 saturated carbocycles. The van der Waals surface area contributed by atoms with E-state index < -0.39 is 15.9 Å². The van der Waals surface area contributed by atoms with Crippen LogP contribution in [0.4, 0.5) is 5.69 Å². The monoisotopic (exact) mass is 454 g/mol. The number of fused-ring (bicyclic) bond motifs is 1. The van der Waals surface area contributed by atoms with Crippen LogP contribution < -0.4 is 10.1 Å². The van der Waals surface area contributed by atoms with Gasteiger partial charge < -0.3 is 10.1 Å². The molecule has 2 heterocycles. The van der Waals surface area contributed by atoms with Crippen molar-refractivity contribution < 1.29 is 17.9 Å². The number of sulfonamides is 1. The van der Waals surface area contributed by atoms with Crippen molar-refractivity contribution in [1.29, 1.82) is 0 Å². The summed E-state index contributed by atoms with van der Waals surface area (Å²) in [5, 5.41) is 12.2. The van der Waals surface area contributed by atoms with Crippen molar-refractivity contribution in [1.82, 2.24) is 14.5 Å². The SMILES string of the molecule is Cc1ccc(NC(=O)COc2nncc3ccccc23)cc1S(=O)(=O)N1CCCCCC1. The highest BCUT2D eigenvalue weighted by Gasteiger charge is 2.27. The zero-order valence-electron chi connectivity index (χ0n) is 18.0. The number of carbonyl (C=O) groups excluding carboxylic acids is 1. The summed E-state index contributed by atoms with van der Waals surface area (Å²) >= 11 is 0. The number of ether oxygens (including phenoxy) is 1. The van der Waals surface area contributed by atoms with Crippen LogP contribution in [0.5, 0.6) is 5.88 Å². The van der Waals surface area contributed by atoms with E-state index in [4.69, 9.17) is 4.74 Å². The molecule has 1 aliphatic rings. The number of carbonyl (C=O) groups is 1. The maximum atomic E-state index is 13.2. The van der Waals surface area contributed by atoms with Crippen LogP contribution in [0, 0.1) is 6.92 Å². The van der Waals surface area contributed by atoms with Gasteiger partial charge in [-0.05, 0) is 43.5 Å². The van der Waals surface area contributed by atoms with Gasteiger partial charge in [-0.1, -0.05) is 37.1 Å². The molecule has 0 bridgehead atoms. The maximum Gasteiger partial charge on any atom is 0.262 e. The third-order valence-electron chi connectivity index (χ3n) is 5.53. The largest absolute Gasteiger partial charge is 0.466 e. The normalized spacial score (nSPS) is 15.3. The van der Waals surface area contributed by atoms with Crippen molar-refractivity contribution in [2.75, 3.05) is 25.0 Å². The predicted octanol–water partition coefficient (Wildman–Crippen LogP) is 3.52. The lowest BCUT2D eigenvalue weighted by Crippen LogP contribution is -2.32. The molecule has 0 atom stereocenters. The number of amides is 1. The predicted molar refractivity (Wildman–Crippen MR) is 122 cm³/mol. The fraction of sp³-hybridized carbons (Fsp3) is 0.348. The zero-order chi connectivity index (χ0) is 22.6. The first-order valence-corrected chi connectivity index (χ1v) is 12.1. The van der Waals surface area contributed by atoms with Gasteiger partial charge in [-0.15, -0.1) is 5.10 Å². The zero-order valence-corrected chi connectivity index (χ0v) is 18.8. The Balaban J connectivity index is 1.47. The Kier molecular flexibility index (Phi) is 6.66. The maximum absolute atomic E-state index is 13.2. The Bertz CT molecular complexity index is 1220. The van der Waals surface area contributed by atoms with E-state index in [0.29, 0.717) is 24.3 Å². The van der Waals surface area contributed by atoms with Gasteiger partial charge in [0.1, 0.15) is 0 Å². The van der Waals surface area contributed by atoms with E-state index in [1.54, 1.807) is 29.6 Å². The standard InChI is InChI=1S/C23H26N4O4S/c1-17-10-11-19(14-21(17)32(29,30)27-12-6-2-3-7-13-27)25-22(28)16-31-23-20-9-5-4-8-18(20)15-24-26-23/h4-5,8-11,14-15H,2-3,6-7,12-13,16H2,1H3,(H,25,28). The van der Waals surface area contributed by atoms with E-state index in [2.05, 4.69) is 15.5 Å². The van der Waals surface area contributed by atoms with Crippen LogP contribution in [-0.2, 0) is 14.8 Å². The van der Waals surface area contributed by atoms with Crippen molar-refractivity contribution in [3.05, 3.63) is 54.2 Å². The molecule has 1 fully saturated rings.